The third-order valence-electron chi connectivity index (χ3n) is 3.44. The molecular weight excluding hydrogens is 310 g/mol. The Morgan fingerprint density at radius 1 is 1.17 bits per heavy atom. The molecule has 7 heteroatoms. The Labute approximate surface area is 140 Å². The summed E-state index contributed by atoms with van der Waals surface area (Å²) in [5, 5.41) is 15.4. The zero-order chi connectivity index (χ0) is 17.4. The van der Waals surface area contributed by atoms with E-state index in [9.17, 15) is 9.90 Å². The molecule has 2 aromatic rings. The van der Waals surface area contributed by atoms with Crippen molar-refractivity contribution in [1.29, 1.82) is 0 Å². The van der Waals surface area contributed by atoms with Gasteiger partial charge in [0, 0.05) is 24.8 Å². The molecule has 0 radical (unpaired) electrons. The number of hydrogen-bond donors (Lipinski definition) is 3. The molecule has 0 aliphatic heterocycles. The zero-order valence-corrected chi connectivity index (χ0v) is 13.7. The summed E-state index contributed by atoms with van der Waals surface area (Å²) in [4.78, 5) is 15.9. The molecule has 2 rings (SSSR count). The van der Waals surface area contributed by atoms with Gasteiger partial charge in [-0.05, 0) is 23.8 Å². The number of carbonyl (C=O) groups excluding carboxylic acids is 1. The number of nitrogens with one attached hydrogen (secondary N) is 2. The van der Waals surface area contributed by atoms with Crippen LogP contribution in [0.5, 0.6) is 11.6 Å². The van der Waals surface area contributed by atoms with E-state index in [1.165, 1.54) is 7.11 Å². The summed E-state index contributed by atoms with van der Waals surface area (Å²) >= 11 is 0. The fourth-order valence-corrected chi connectivity index (χ4v) is 2.11. The molecule has 2 amide bonds. The maximum atomic E-state index is 11.8. The van der Waals surface area contributed by atoms with Crippen LogP contribution < -0.4 is 20.1 Å². The van der Waals surface area contributed by atoms with E-state index >= 15 is 0 Å². The van der Waals surface area contributed by atoms with Crippen LogP contribution in [-0.4, -0.2) is 36.9 Å². The van der Waals surface area contributed by atoms with Crippen molar-refractivity contribution in [3.8, 4) is 11.6 Å². The van der Waals surface area contributed by atoms with Gasteiger partial charge in [0.25, 0.3) is 0 Å². The molecule has 1 aromatic heterocycles. The molecule has 3 N–H and O–H groups in total. The summed E-state index contributed by atoms with van der Waals surface area (Å²) in [7, 11) is 3.10. The van der Waals surface area contributed by atoms with Crippen molar-refractivity contribution in [2.24, 2.45) is 0 Å². The number of hydrogen-bond acceptors (Lipinski definition) is 5. The van der Waals surface area contributed by atoms with Gasteiger partial charge in [0.1, 0.15) is 5.75 Å². The van der Waals surface area contributed by atoms with Gasteiger partial charge in [0.2, 0.25) is 5.88 Å². The number of aromatic nitrogens is 1. The summed E-state index contributed by atoms with van der Waals surface area (Å²) in [6.07, 6.45) is 0.822. The van der Waals surface area contributed by atoms with E-state index in [1.807, 2.05) is 6.07 Å². The van der Waals surface area contributed by atoms with Gasteiger partial charge in [-0.2, -0.15) is 0 Å². The van der Waals surface area contributed by atoms with Crippen LogP contribution in [0.3, 0.4) is 0 Å². The first kappa shape index (κ1) is 17.6. The number of amides is 2. The van der Waals surface area contributed by atoms with Crippen LogP contribution in [0.1, 0.15) is 17.2 Å². The highest BCUT2D eigenvalue weighted by Crippen LogP contribution is 2.17. The fraction of sp³-hybridized carbons (Fsp3) is 0.294. The first-order valence-electron chi connectivity index (χ1n) is 7.45. The van der Waals surface area contributed by atoms with Crippen LogP contribution >= 0.6 is 0 Å². The smallest absolute Gasteiger partial charge is 0.315 e. The minimum atomic E-state index is -0.797. The molecule has 0 aliphatic carbocycles. The maximum absolute atomic E-state index is 11.8. The first-order valence-corrected chi connectivity index (χ1v) is 7.45. The molecule has 0 saturated carbocycles. The van der Waals surface area contributed by atoms with Gasteiger partial charge in [-0.3, -0.25) is 0 Å². The fourth-order valence-electron chi connectivity index (χ4n) is 2.11. The predicted octanol–water partition coefficient (Wildman–Crippen LogP) is 1.63. The van der Waals surface area contributed by atoms with Crippen LogP contribution in [-0.2, 0) is 6.54 Å². The highest BCUT2D eigenvalue weighted by molar-refractivity contribution is 5.73. The molecule has 1 heterocycles. The molecular formula is C17H21N3O4. The Morgan fingerprint density at radius 3 is 2.58 bits per heavy atom. The number of ether oxygens (including phenoxy) is 2. The van der Waals surface area contributed by atoms with E-state index in [0.717, 1.165) is 5.56 Å². The second kappa shape index (κ2) is 8.73. The lowest BCUT2D eigenvalue weighted by atomic mass is 10.1. The van der Waals surface area contributed by atoms with Gasteiger partial charge in [0.15, 0.2) is 0 Å². The average Bonchev–Trinajstić information content (AvgIpc) is 2.64. The van der Waals surface area contributed by atoms with Crippen LogP contribution in [0, 0.1) is 0 Å². The summed E-state index contributed by atoms with van der Waals surface area (Å²) in [6, 6.07) is 10.2. The second-order valence-corrected chi connectivity index (χ2v) is 5.02. The standard InChI is InChI=1S/C17H21N3O4/c1-23-14-7-5-12(6-8-14)15(21)11-20-17(22)19-10-13-4-3-9-18-16(13)24-2/h3-9,15,21H,10-11H2,1-2H3,(H2,19,20,22)/t15-/m1/s1. The Bertz CT molecular complexity index is 661. The number of aliphatic hydroxyl groups is 1. The monoisotopic (exact) mass is 331 g/mol. The Morgan fingerprint density at radius 2 is 1.92 bits per heavy atom. The number of nitrogens with zero attached hydrogens (tertiary/aromatic N) is 1. The lowest BCUT2D eigenvalue weighted by Gasteiger charge is -2.14. The van der Waals surface area contributed by atoms with E-state index in [-0.39, 0.29) is 19.1 Å². The third-order valence-corrected chi connectivity index (χ3v) is 3.44. The van der Waals surface area contributed by atoms with Crippen molar-refractivity contribution in [2.75, 3.05) is 20.8 Å². The maximum Gasteiger partial charge on any atom is 0.315 e. The molecule has 0 saturated heterocycles. The number of rotatable bonds is 7. The number of aliphatic hydroxyl groups excluding tert-OH is 1. The summed E-state index contributed by atoms with van der Waals surface area (Å²) in [5.74, 6) is 1.18. The molecule has 128 valence electrons. The highest BCUT2D eigenvalue weighted by Gasteiger charge is 2.10. The van der Waals surface area contributed by atoms with Crippen LogP contribution in [0.4, 0.5) is 4.79 Å². The topological polar surface area (TPSA) is 92.7 Å². The molecule has 0 unspecified atom stereocenters. The lowest BCUT2D eigenvalue weighted by molar-refractivity contribution is 0.173. The van der Waals surface area contributed by atoms with Gasteiger partial charge in [-0.15, -0.1) is 0 Å². The van der Waals surface area contributed by atoms with Crippen molar-refractivity contribution in [2.45, 2.75) is 12.6 Å². The largest absolute Gasteiger partial charge is 0.497 e. The number of benzene rings is 1. The third kappa shape index (κ3) is 4.85. The SMILES string of the molecule is COc1ccc([C@H](O)CNC(=O)NCc2cccnc2OC)cc1. The van der Waals surface area contributed by atoms with E-state index < -0.39 is 6.10 Å². The Kier molecular flexibility index (Phi) is 6.39. The predicted molar refractivity (Wildman–Crippen MR) is 89.0 cm³/mol. The molecule has 7 nitrogen and oxygen atoms in total. The zero-order valence-electron chi connectivity index (χ0n) is 13.7. The quantitative estimate of drug-likeness (QED) is 0.717. The molecule has 1 aromatic carbocycles. The van der Waals surface area contributed by atoms with Crippen LogP contribution in [0.15, 0.2) is 42.6 Å². The van der Waals surface area contributed by atoms with Crippen molar-refractivity contribution in [3.63, 3.8) is 0 Å². The summed E-state index contributed by atoms with van der Waals surface area (Å²) in [5.41, 5.74) is 1.47. The molecule has 0 bridgehead atoms. The normalized spacial score (nSPS) is 11.5. The molecule has 0 spiro atoms. The first-order chi connectivity index (χ1) is 11.6. The molecule has 1 atom stereocenters. The van der Waals surface area contributed by atoms with Crippen molar-refractivity contribution in [1.82, 2.24) is 15.6 Å². The average molecular weight is 331 g/mol. The number of methoxy groups -OCH3 is 2. The summed E-state index contributed by atoms with van der Waals surface area (Å²) in [6.45, 7) is 0.379. The Hall–Kier alpha value is -2.80. The summed E-state index contributed by atoms with van der Waals surface area (Å²) < 4.78 is 10.2. The number of carbonyl (C=O) groups is 1. The lowest BCUT2D eigenvalue weighted by Crippen LogP contribution is -2.37. The van der Waals surface area contributed by atoms with Crippen molar-refractivity contribution in [3.05, 3.63) is 53.7 Å². The van der Waals surface area contributed by atoms with E-state index in [1.54, 1.807) is 43.6 Å². The van der Waals surface area contributed by atoms with Gasteiger partial charge < -0.3 is 25.2 Å². The van der Waals surface area contributed by atoms with Gasteiger partial charge in [-0.25, -0.2) is 9.78 Å². The minimum Gasteiger partial charge on any atom is -0.497 e. The Balaban J connectivity index is 1.79. The van der Waals surface area contributed by atoms with E-state index in [2.05, 4.69) is 15.6 Å². The van der Waals surface area contributed by atoms with Crippen molar-refractivity contribution < 1.29 is 19.4 Å². The number of urea groups is 1. The van der Waals surface area contributed by atoms with Crippen molar-refractivity contribution >= 4 is 6.03 Å². The molecule has 0 aliphatic rings. The van der Waals surface area contributed by atoms with Gasteiger partial charge >= 0.3 is 6.03 Å². The van der Waals surface area contributed by atoms with Gasteiger partial charge in [0.05, 0.1) is 20.3 Å². The molecule has 24 heavy (non-hydrogen) atoms. The minimum absolute atomic E-state index is 0.0995. The van der Waals surface area contributed by atoms with Crippen LogP contribution in [0.25, 0.3) is 0 Å². The van der Waals surface area contributed by atoms with Crippen LogP contribution in [0.2, 0.25) is 0 Å². The highest BCUT2D eigenvalue weighted by atomic mass is 16.5. The molecule has 0 fully saturated rings. The van der Waals surface area contributed by atoms with E-state index in [4.69, 9.17) is 9.47 Å². The second-order valence-electron chi connectivity index (χ2n) is 5.02. The van der Waals surface area contributed by atoms with Gasteiger partial charge in [-0.1, -0.05) is 18.2 Å². The number of pyridine rings is 1. The van der Waals surface area contributed by atoms with E-state index in [0.29, 0.717) is 17.2 Å².